The van der Waals surface area contributed by atoms with Crippen LogP contribution in [0.4, 0.5) is 0 Å². The first-order valence-electron chi connectivity index (χ1n) is 18.7. The Morgan fingerprint density at radius 2 is 1.55 bits per heavy atom. The van der Waals surface area contributed by atoms with Gasteiger partial charge in [-0.2, -0.15) is 0 Å². The number of benzene rings is 1. The van der Waals surface area contributed by atoms with Gasteiger partial charge >= 0.3 is 11.9 Å². The molecule has 0 radical (unpaired) electrons. The van der Waals surface area contributed by atoms with Crippen molar-refractivity contribution in [2.45, 2.75) is 149 Å². The first kappa shape index (κ1) is 47.3. The van der Waals surface area contributed by atoms with Gasteiger partial charge in [-0.05, 0) is 105 Å². The zero-order valence-corrected chi connectivity index (χ0v) is 35.3. The highest BCUT2D eigenvalue weighted by Crippen LogP contribution is 2.24. The average Bonchev–Trinajstić information content (AvgIpc) is 3.59. The normalized spacial score (nSPS) is 17.3. The summed E-state index contributed by atoms with van der Waals surface area (Å²) in [6, 6.07) is 0.462. The van der Waals surface area contributed by atoms with Crippen molar-refractivity contribution >= 4 is 57.3 Å². The summed E-state index contributed by atoms with van der Waals surface area (Å²) in [6.07, 6.45) is 0.124. The molecule has 0 saturated carbocycles. The summed E-state index contributed by atoms with van der Waals surface area (Å²) in [5.74, 6) is -5.97. The Balaban J connectivity index is 2.37. The minimum Gasteiger partial charge on any atom is -0.480 e. The number of carbonyl (C=O) groups excluding carboxylic acids is 6. The summed E-state index contributed by atoms with van der Waals surface area (Å²) in [4.78, 5) is 92.1. The van der Waals surface area contributed by atoms with Gasteiger partial charge in [0, 0.05) is 28.9 Å². The van der Waals surface area contributed by atoms with E-state index in [0.717, 1.165) is 19.4 Å². The number of nitrogens with one attached hydrogen (secondary N) is 5. The highest BCUT2D eigenvalue weighted by Gasteiger charge is 2.37. The van der Waals surface area contributed by atoms with Crippen LogP contribution in [0.25, 0.3) is 0 Å². The molecule has 15 nitrogen and oxygen atoms in total. The molecule has 1 aromatic rings. The molecule has 0 aliphatic carbocycles. The third-order valence-corrected chi connectivity index (χ3v) is 9.27. The minimum atomic E-state index is -1.54. The number of hydrogen-bond donors (Lipinski definition) is 6. The van der Waals surface area contributed by atoms with E-state index in [1.165, 1.54) is 13.8 Å². The second kappa shape index (κ2) is 20.9. The smallest absolute Gasteiger partial charge is 0.325 e. The van der Waals surface area contributed by atoms with Crippen LogP contribution in [-0.4, -0.2) is 94.5 Å². The predicted molar refractivity (Wildman–Crippen MR) is 209 cm³/mol. The number of rotatable bonds is 19. The van der Waals surface area contributed by atoms with Crippen molar-refractivity contribution in [1.82, 2.24) is 26.6 Å². The Morgan fingerprint density at radius 1 is 0.891 bits per heavy atom. The fourth-order valence-corrected chi connectivity index (χ4v) is 6.37. The van der Waals surface area contributed by atoms with E-state index in [9.17, 15) is 38.7 Å². The van der Waals surface area contributed by atoms with Crippen LogP contribution < -0.4 is 26.6 Å². The van der Waals surface area contributed by atoms with Crippen LogP contribution in [-0.2, 0) is 44.8 Å². The maximum absolute atomic E-state index is 14.0. The molecule has 0 aromatic heterocycles. The molecule has 4 amide bonds. The van der Waals surface area contributed by atoms with Crippen molar-refractivity contribution in [3.8, 4) is 0 Å². The molecule has 308 valence electrons. The SMILES string of the molecule is CC(C)C[C@H](CC(=O)c1ccc(Br)c(CNC(=O)[C@@H]2CCCN2)c1)C(=O)N[C@@H](CC(=O)OC(C)(C)C)C(=O)N[C@H](C(=O)N[C@@H](C)C(=O)O)[C@@H](C)OC(C)(C)C. The lowest BCUT2D eigenvalue weighted by atomic mass is 9.89. The molecule has 0 bridgehead atoms. The summed E-state index contributed by atoms with van der Waals surface area (Å²) in [7, 11) is 0. The quantitative estimate of drug-likeness (QED) is 0.0875. The van der Waals surface area contributed by atoms with E-state index in [1.54, 1.807) is 59.7 Å². The van der Waals surface area contributed by atoms with Crippen LogP contribution in [0, 0.1) is 11.8 Å². The number of ether oxygens (including phenoxy) is 2. The first-order valence-corrected chi connectivity index (χ1v) is 19.5. The first-order chi connectivity index (χ1) is 25.4. The van der Waals surface area contributed by atoms with Gasteiger partial charge in [0.15, 0.2) is 5.78 Å². The number of carboxylic acids is 1. The van der Waals surface area contributed by atoms with Gasteiger partial charge in [0.05, 0.1) is 24.2 Å². The lowest BCUT2D eigenvalue weighted by Gasteiger charge is -2.32. The molecule has 1 aliphatic heterocycles. The van der Waals surface area contributed by atoms with Gasteiger partial charge < -0.3 is 41.2 Å². The Bertz CT molecular complexity index is 1550. The van der Waals surface area contributed by atoms with Crippen LogP contribution in [0.15, 0.2) is 22.7 Å². The van der Waals surface area contributed by atoms with Gasteiger partial charge in [0.1, 0.15) is 23.7 Å². The molecule has 1 aliphatic rings. The van der Waals surface area contributed by atoms with E-state index in [0.29, 0.717) is 15.6 Å². The van der Waals surface area contributed by atoms with Crippen LogP contribution in [0.2, 0.25) is 0 Å². The summed E-state index contributed by atoms with van der Waals surface area (Å²) in [5.41, 5.74) is -0.678. The van der Waals surface area contributed by atoms with Gasteiger partial charge in [0.25, 0.3) is 0 Å². The monoisotopic (exact) mass is 837 g/mol. The van der Waals surface area contributed by atoms with E-state index >= 15 is 0 Å². The van der Waals surface area contributed by atoms with Crippen molar-refractivity contribution in [3.63, 3.8) is 0 Å². The van der Waals surface area contributed by atoms with Crippen molar-refractivity contribution in [3.05, 3.63) is 33.8 Å². The summed E-state index contributed by atoms with van der Waals surface area (Å²) < 4.78 is 12.1. The molecule has 2 rings (SSSR count). The highest BCUT2D eigenvalue weighted by molar-refractivity contribution is 9.10. The zero-order valence-electron chi connectivity index (χ0n) is 33.7. The maximum Gasteiger partial charge on any atom is 0.325 e. The molecule has 16 heteroatoms. The fraction of sp³-hybridized carbons (Fsp3) is 0.667. The summed E-state index contributed by atoms with van der Waals surface area (Å²) in [5, 5.41) is 23.0. The van der Waals surface area contributed by atoms with Gasteiger partial charge in [-0.3, -0.25) is 33.6 Å². The van der Waals surface area contributed by atoms with Crippen LogP contribution in [0.3, 0.4) is 0 Å². The van der Waals surface area contributed by atoms with Gasteiger partial charge in [-0.1, -0.05) is 35.8 Å². The number of ketones is 1. The number of halogens is 1. The molecule has 0 spiro atoms. The van der Waals surface area contributed by atoms with Crippen molar-refractivity contribution in [2.24, 2.45) is 11.8 Å². The number of hydrogen-bond acceptors (Lipinski definition) is 10. The third-order valence-electron chi connectivity index (χ3n) is 8.50. The van der Waals surface area contributed by atoms with Gasteiger partial charge in [-0.25, -0.2) is 0 Å². The standard InChI is InChI=1S/C39H60BrN5O10/c1-21(2)16-25(18-30(46)24-13-14-27(40)26(17-24)20-42-34(49)28-12-11-15-41-28)33(48)44-29(19-31(47)55-39(8,9)10)35(50)45-32(23(4)54-38(5,6)7)36(51)43-22(3)37(52)53/h13-14,17,21-23,25,28-29,32,41H,11-12,15-16,18-20H2,1-10H3,(H,42,49)(H,43,51)(H,44,48)(H,45,50)(H,52,53)/t22-,23+,25+,28-,29-,32-/m0/s1. The number of carbonyl (C=O) groups is 7. The van der Waals surface area contributed by atoms with Gasteiger partial charge in [0.2, 0.25) is 23.6 Å². The van der Waals surface area contributed by atoms with E-state index in [4.69, 9.17) is 9.47 Å². The molecule has 6 atom stereocenters. The predicted octanol–water partition coefficient (Wildman–Crippen LogP) is 3.55. The minimum absolute atomic E-state index is 0.0405. The molecule has 1 fully saturated rings. The average molecular weight is 839 g/mol. The molecule has 1 heterocycles. The Hall–Kier alpha value is -3.89. The number of aliphatic carboxylic acids is 1. The lowest BCUT2D eigenvalue weighted by Crippen LogP contribution is -2.60. The highest BCUT2D eigenvalue weighted by atomic mass is 79.9. The molecule has 0 unspecified atom stereocenters. The topological polar surface area (TPSA) is 218 Å². The molecule has 6 N–H and O–H groups in total. The Morgan fingerprint density at radius 3 is 2.09 bits per heavy atom. The Labute approximate surface area is 332 Å². The number of amides is 4. The second-order valence-corrected chi connectivity index (χ2v) is 17.3. The number of esters is 1. The molecular weight excluding hydrogens is 778 g/mol. The zero-order chi connectivity index (χ0) is 41.8. The molecule has 55 heavy (non-hydrogen) atoms. The van der Waals surface area contributed by atoms with Crippen molar-refractivity contribution < 1.29 is 48.1 Å². The van der Waals surface area contributed by atoms with E-state index in [-0.39, 0.29) is 43.0 Å². The number of carboxylic acid groups (broad SMARTS) is 1. The molecular formula is C39H60BrN5O10. The third kappa shape index (κ3) is 16.8. The van der Waals surface area contributed by atoms with Crippen LogP contribution in [0.5, 0.6) is 0 Å². The van der Waals surface area contributed by atoms with Crippen molar-refractivity contribution in [2.75, 3.05) is 6.54 Å². The summed E-state index contributed by atoms with van der Waals surface area (Å²) in [6.45, 7) is 17.7. The Kier molecular flexibility index (Phi) is 17.9. The molecule has 1 saturated heterocycles. The van der Waals surface area contributed by atoms with Crippen molar-refractivity contribution in [1.29, 1.82) is 0 Å². The molecule has 1 aromatic carbocycles. The van der Waals surface area contributed by atoms with E-state index in [2.05, 4.69) is 42.5 Å². The second-order valence-electron chi connectivity index (χ2n) is 16.5. The fourth-order valence-electron chi connectivity index (χ4n) is 5.98. The van der Waals surface area contributed by atoms with E-state index in [1.807, 2.05) is 13.8 Å². The van der Waals surface area contributed by atoms with E-state index < -0.39 is 77.4 Å². The largest absolute Gasteiger partial charge is 0.480 e. The lowest BCUT2D eigenvalue weighted by molar-refractivity contribution is -0.157. The van der Waals surface area contributed by atoms with Crippen LogP contribution >= 0.6 is 15.9 Å². The van der Waals surface area contributed by atoms with Crippen LogP contribution in [0.1, 0.15) is 117 Å². The summed E-state index contributed by atoms with van der Waals surface area (Å²) >= 11 is 3.49. The maximum atomic E-state index is 14.0. The van der Waals surface area contributed by atoms with Gasteiger partial charge in [-0.15, -0.1) is 0 Å². The number of Topliss-reactive ketones (excluding diaryl/α,β-unsaturated/α-hetero) is 1.